The molecule has 0 radical (unpaired) electrons. The molecule has 4 N–H and O–H groups in total. The van der Waals surface area contributed by atoms with Gasteiger partial charge in [-0.1, -0.05) is 13.0 Å². The number of hydrogen-bond donors (Lipinski definition) is 4. The zero-order valence-corrected chi connectivity index (χ0v) is 19.4. The van der Waals surface area contributed by atoms with Crippen molar-refractivity contribution in [3.05, 3.63) is 48.0 Å². The van der Waals surface area contributed by atoms with Gasteiger partial charge in [-0.2, -0.15) is 0 Å². The minimum Gasteiger partial charge on any atom is -0.497 e. The van der Waals surface area contributed by atoms with Crippen LogP contribution in [0.4, 0.5) is 16.2 Å². The number of anilines is 2. The van der Waals surface area contributed by atoms with Crippen molar-refractivity contribution in [2.24, 2.45) is 5.92 Å². The number of urea groups is 1. The number of aliphatic hydroxyl groups is 1. The first-order valence-corrected chi connectivity index (χ1v) is 11.0. The molecule has 0 fully saturated rings. The van der Waals surface area contributed by atoms with Gasteiger partial charge in [0.25, 0.3) is 5.91 Å². The fraction of sp³-hybridized carbons (Fsp3) is 0.417. The summed E-state index contributed by atoms with van der Waals surface area (Å²) in [5.41, 5.74) is 1.32. The van der Waals surface area contributed by atoms with Crippen molar-refractivity contribution in [1.82, 2.24) is 10.2 Å². The van der Waals surface area contributed by atoms with E-state index in [0.717, 1.165) is 0 Å². The van der Waals surface area contributed by atoms with Crippen LogP contribution >= 0.6 is 0 Å². The molecule has 0 aliphatic carbocycles. The van der Waals surface area contributed by atoms with E-state index in [1.807, 2.05) is 20.9 Å². The standard InChI is InChI=1S/C24H32N4O5/c1-15-13-28(16(2)14-29)23(30)19-6-5-7-20(22(19)33-21(15)12-25-3)27-24(31)26-17-8-10-18(32-4)11-9-17/h5-11,15-16,21,25,29H,12-14H2,1-4H3,(H2,26,27,31)/t15-,16+,21+/m0/s1. The largest absolute Gasteiger partial charge is 0.497 e. The molecule has 3 atom stereocenters. The number of ether oxygens (including phenoxy) is 2. The molecule has 9 heteroatoms. The Kier molecular flexibility index (Phi) is 8.13. The van der Waals surface area contributed by atoms with Crippen LogP contribution in [0.25, 0.3) is 0 Å². The summed E-state index contributed by atoms with van der Waals surface area (Å²) < 4.78 is 11.4. The molecule has 1 aliphatic heterocycles. The van der Waals surface area contributed by atoms with E-state index in [4.69, 9.17) is 9.47 Å². The summed E-state index contributed by atoms with van der Waals surface area (Å²) in [6.07, 6.45) is -0.247. The van der Waals surface area contributed by atoms with E-state index in [1.54, 1.807) is 54.5 Å². The van der Waals surface area contributed by atoms with E-state index in [1.165, 1.54) is 0 Å². The molecular formula is C24H32N4O5. The topological polar surface area (TPSA) is 112 Å². The molecule has 178 valence electrons. The summed E-state index contributed by atoms with van der Waals surface area (Å²) in [7, 11) is 3.41. The normalized spacial score (nSPS) is 18.9. The highest BCUT2D eigenvalue weighted by atomic mass is 16.5. The van der Waals surface area contributed by atoms with Crippen LogP contribution in [0.2, 0.25) is 0 Å². The molecule has 0 unspecified atom stereocenters. The number of likely N-dealkylation sites (N-methyl/N-ethyl adjacent to an activating group) is 1. The summed E-state index contributed by atoms with van der Waals surface area (Å²) >= 11 is 0. The molecule has 0 saturated carbocycles. The number of benzene rings is 2. The fourth-order valence-electron chi connectivity index (χ4n) is 3.75. The Hall–Kier alpha value is -3.30. The van der Waals surface area contributed by atoms with Gasteiger partial charge >= 0.3 is 6.03 Å². The maximum Gasteiger partial charge on any atom is 0.323 e. The fourth-order valence-corrected chi connectivity index (χ4v) is 3.75. The van der Waals surface area contributed by atoms with Gasteiger partial charge in [0.05, 0.1) is 31.0 Å². The molecule has 2 aromatic carbocycles. The zero-order valence-electron chi connectivity index (χ0n) is 19.4. The Bertz CT molecular complexity index is 966. The summed E-state index contributed by atoms with van der Waals surface area (Å²) in [5.74, 6) is 0.739. The highest BCUT2D eigenvalue weighted by molar-refractivity contribution is 6.04. The summed E-state index contributed by atoms with van der Waals surface area (Å²) in [4.78, 5) is 27.7. The minimum absolute atomic E-state index is 0.00951. The lowest BCUT2D eigenvalue weighted by atomic mass is 9.99. The van der Waals surface area contributed by atoms with Crippen molar-refractivity contribution < 1.29 is 24.2 Å². The van der Waals surface area contributed by atoms with E-state index in [9.17, 15) is 14.7 Å². The van der Waals surface area contributed by atoms with Crippen LogP contribution in [0.3, 0.4) is 0 Å². The Labute approximate surface area is 194 Å². The van der Waals surface area contributed by atoms with Gasteiger partial charge in [0.1, 0.15) is 11.9 Å². The van der Waals surface area contributed by atoms with Gasteiger partial charge in [0.15, 0.2) is 5.75 Å². The SMILES string of the molecule is CNC[C@H]1Oc2c(NC(=O)Nc3ccc(OC)cc3)cccc2C(=O)N([C@H](C)CO)C[C@@H]1C. The first-order chi connectivity index (χ1) is 15.9. The molecule has 0 saturated heterocycles. The molecule has 2 aromatic rings. The van der Waals surface area contributed by atoms with Gasteiger partial charge in [0.2, 0.25) is 0 Å². The summed E-state index contributed by atoms with van der Waals surface area (Å²) in [6.45, 7) is 4.67. The molecular weight excluding hydrogens is 424 g/mol. The molecule has 3 amide bonds. The van der Waals surface area contributed by atoms with Gasteiger partial charge in [0, 0.05) is 24.7 Å². The average Bonchev–Trinajstić information content (AvgIpc) is 2.81. The Morgan fingerprint density at radius 3 is 2.61 bits per heavy atom. The van der Waals surface area contributed by atoms with Crippen LogP contribution in [0.1, 0.15) is 24.2 Å². The predicted octanol–water partition coefficient (Wildman–Crippen LogP) is 2.78. The third-order valence-corrected chi connectivity index (χ3v) is 5.69. The van der Waals surface area contributed by atoms with Gasteiger partial charge in [-0.15, -0.1) is 0 Å². The number of nitrogens with one attached hydrogen (secondary N) is 3. The second-order valence-corrected chi connectivity index (χ2v) is 8.17. The first-order valence-electron chi connectivity index (χ1n) is 11.0. The Morgan fingerprint density at radius 1 is 1.24 bits per heavy atom. The monoisotopic (exact) mass is 456 g/mol. The van der Waals surface area contributed by atoms with Crippen molar-refractivity contribution in [3.8, 4) is 11.5 Å². The number of fused-ring (bicyclic) bond motifs is 1. The Balaban J connectivity index is 1.91. The number of amides is 3. The van der Waals surface area contributed by atoms with Crippen LogP contribution in [0.15, 0.2) is 42.5 Å². The minimum atomic E-state index is -0.467. The second-order valence-electron chi connectivity index (χ2n) is 8.17. The molecule has 0 aromatic heterocycles. The van der Waals surface area contributed by atoms with E-state index in [0.29, 0.717) is 41.5 Å². The maximum absolute atomic E-state index is 13.4. The quantitative estimate of drug-likeness (QED) is 0.510. The van der Waals surface area contributed by atoms with Crippen molar-refractivity contribution in [3.63, 3.8) is 0 Å². The number of hydrogen-bond acceptors (Lipinski definition) is 6. The van der Waals surface area contributed by atoms with Crippen molar-refractivity contribution in [2.45, 2.75) is 26.0 Å². The van der Waals surface area contributed by atoms with E-state index < -0.39 is 6.03 Å². The molecule has 33 heavy (non-hydrogen) atoms. The van der Waals surface area contributed by atoms with E-state index in [2.05, 4.69) is 16.0 Å². The van der Waals surface area contributed by atoms with E-state index >= 15 is 0 Å². The number of aliphatic hydroxyl groups excluding tert-OH is 1. The van der Waals surface area contributed by atoms with Crippen LogP contribution in [-0.2, 0) is 0 Å². The molecule has 0 bridgehead atoms. The lowest BCUT2D eigenvalue weighted by Crippen LogP contribution is -2.49. The van der Waals surface area contributed by atoms with Crippen LogP contribution in [0, 0.1) is 5.92 Å². The number of carbonyl (C=O) groups excluding carboxylic acids is 2. The number of carbonyl (C=O) groups is 2. The zero-order chi connectivity index (χ0) is 24.0. The number of rotatable bonds is 7. The second kappa shape index (κ2) is 11.0. The molecule has 1 aliphatic rings. The van der Waals surface area contributed by atoms with E-state index in [-0.39, 0.29) is 30.6 Å². The van der Waals surface area contributed by atoms with Crippen LogP contribution < -0.4 is 25.4 Å². The number of nitrogens with zero attached hydrogens (tertiary/aromatic N) is 1. The third kappa shape index (κ3) is 5.74. The van der Waals surface area contributed by atoms with Crippen LogP contribution in [0.5, 0.6) is 11.5 Å². The van der Waals surface area contributed by atoms with Gasteiger partial charge in [-0.05, 0) is 50.4 Å². The van der Waals surface area contributed by atoms with Crippen LogP contribution in [-0.4, -0.2) is 67.9 Å². The van der Waals surface area contributed by atoms with Gasteiger partial charge in [-0.3, -0.25) is 4.79 Å². The van der Waals surface area contributed by atoms with Crippen molar-refractivity contribution in [2.75, 3.05) is 44.5 Å². The molecule has 1 heterocycles. The van der Waals surface area contributed by atoms with Gasteiger partial charge in [-0.25, -0.2) is 4.79 Å². The summed E-state index contributed by atoms with van der Waals surface area (Å²) in [5, 5.41) is 18.4. The van der Waals surface area contributed by atoms with Gasteiger partial charge < -0.3 is 35.4 Å². The third-order valence-electron chi connectivity index (χ3n) is 5.69. The molecule has 9 nitrogen and oxygen atoms in total. The van der Waals surface area contributed by atoms with Crippen molar-refractivity contribution >= 4 is 23.3 Å². The summed E-state index contributed by atoms with van der Waals surface area (Å²) in [6, 6.07) is 11.2. The molecule has 3 rings (SSSR count). The average molecular weight is 457 g/mol. The highest BCUT2D eigenvalue weighted by Gasteiger charge is 2.33. The number of para-hydroxylation sites is 1. The number of methoxy groups -OCH3 is 1. The lowest BCUT2D eigenvalue weighted by Gasteiger charge is -2.37. The molecule has 0 spiro atoms. The predicted molar refractivity (Wildman–Crippen MR) is 127 cm³/mol. The smallest absolute Gasteiger partial charge is 0.323 e. The highest BCUT2D eigenvalue weighted by Crippen LogP contribution is 2.34. The van der Waals surface area contributed by atoms with Crippen molar-refractivity contribution in [1.29, 1.82) is 0 Å². The Morgan fingerprint density at radius 2 is 1.97 bits per heavy atom. The maximum atomic E-state index is 13.4. The lowest BCUT2D eigenvalue weighted by molar-refractivity contribution is 0.0417. The first kappa shape index (κ1) is 24.3.